The van der Waals surface area contributed by atoms with Gasteiger partial charge >= 0.3 is 0 Å². The first-order valence-corrected chi connectivity index (χ1v) is 8.11. The van der Waals surface area contributed by atoms with Crippen molar-refractivity contribution < 1.29 is 9.15 Å². The second-order valence-corrected chi connectivity index (χ2v) is 5.91. The van der Waals surface area contributed by atoms with E-state index in [1.165, 1.54) is 0 Å². The number of hydrogen-bond acceptors (Lipinski definition) is 8. The van der Waals surface area contributed by atoms with Crippen LogP contribution in [-0.2, 0) is 0 Å². The van der Waals surface area contributed by atoms with E-state index in [1.807, 2.05) is 30.3 Å². The second kappa shape index (κ2) is 5.80. The number of nitrogens with one attached hydrogen (secondary N) is 2. The van der Waals surface area contributed by atoms with E-state index < -0.39 is 6.04 Å². The van der Waals surface area contributed by atoms with Gasteiger partial charge in [-0.05, 0) is 46.8 Å². The molecule has 0 amide bonds. The number of rotatable bonds is 3. The number of hydrogen-bond donors (Lipinski definition) is 2. The molecule has 5 rings (SSSR count). The van der Waals surface area contributed by atoms with Crippen molar-refractivity contribution in [2.24, 2.45) is 0 Å². The predicted molar refractivity (Wildman–Crippen MR) is 93.9 cm³/mol. The maximum Gasteiger partial charge on any atom is 0.288 e. The Labute approximate surface area is 151 Å². The molecule has 1 aromatic carbocycles. The maximum atomic E-state index is 12.5. The molecule has 0 bridgehead atoms. The second-order valence-electron chi connectivity index (χ2n) is 5.91. The molecule has 1 unspecified atom stereocenters. The van der Waals surface area contributed by atoms with Crippen molar-refractivity contribution in [2.45, 2.75) is 6.04 Å². The summed E-state index contributed by atoms with van der Waals surface area (Å²) in [6, 6.07) is 10.4. The molecule has 1 atom stereocenters. The average Bonchev–Trinajstić information content (AvgIpc) is 3.39. The van der Waals surface area contributed by atoms with E-state index in [2.05, 4.69) is 31.0 Å². The summed E-state index contributed by atoms with van der Waals surface area (Å²) in [7, 11) is 1.60. The lowest BCUT2D eigenvalue weighted by Crippen LogP contribution is -2.28. The van der Waals surface area contributed by atoms with Crippen molar-refractivity contribution in [3.05, 3.63) is 64.3 Å². The van der Waals surface area contributed by atoms with Crippen LogP contribution in [0.5, 0.6) is 5.75 Å². The van der Waals surface area contributed by atoms with Gasteiger partial charge in [-0.15, -0.1) is 0 Å². The van der Waals surface area contributed by atoms with Gasteiger partial charge in [0.2, 0.25) is 5.95 Å². The van der Waals surface area contributed by atoms with Crippen LogP contribution >= 0.6 is 0 Å². The number of furan rings is 1. The zero-order valence-electron chi connectivity index (χ0n) is 14.1. The number of aromatic nitrogens is 6. The lowest BCUT2D eigenvalue weighted by Gasteiger charge is -2.26. The predicted octanol–water partition coefficient (Wildman–Crippen LogP) is 1.72. The molecule has 0 aliphatic carbocycles. The highest BCUT2D eigenvalue weighted by molar-refractivity contribution is 5.75. The number of ether oxygens (including phenoxy) is 1. The minimum Gasteiger partial charge on any atom is -0.497 e. The van der Waals surface area contributed by atoms with Crippen LogP contribution in [0.3, 0.4) is 0 Å². The summed E-state index contributed by atoms with van der Waals surface area (Å²) in [5.74, 6) is 1.66. The molecule has 4 aromatic rings. The Morgan fingerprint density at radius 2 is 2.07 bits per heavy atom. The van der Waals surface area contributed by atoms with Gasteiger partial charge in [0.15, 0.2) is 0 Å². The number of tetrazole rings is 1. The summed E-state index contributed by atoms with van der Waals surface area (Å²) in [5.41, 5.74) is 1.98. The van der Waals surface area contributed by atoms with Crippen LogP contribution in [-0.4, -0.2) is 37.5 Å². The van der Waals surface area contributed by atoms with Gasteiger partial charge in [-0.1, -0.05) is 5.10 Å². The van der Waals surface area contributed by atoms with Crippen molar-refractivity contribution in [1.29, 1.82) is 0 Å². The highest BCUT2D eigenvalue weighted by Gasteiger charge is 2.35. The first kappa shape index (κ1) is 15.3. The summed E-state index contributed by atoms with van der Waals surface area (Å²) in [6.45, 7) is 0. The summed E-state index contributed by atoms with van der Waals surface area (Å²) < 4.78 is 12.4. The Balaban J connectivity index is 1.78. The van der Waals surface area contributed by atoms with Crippen molar-refractivity contribution >= 4 is 11.6 Å². The summed E-state index contributed by atoms with van der Waals surface area (Å²) in [6.07, 6.45) is 1.56. The first-order valence-electron chi connectivity index (χ1n) is 8.11. The summed E-state index contributed by atoms with van der Waals surface area (Å²) in [4.78, 5) is 12.5. The van der Waals surface area contributed by atoms with Crippen molar-refractivity contribution in [2.75, 3.05) is 12.4 Å². The number of benzene rings is 1. The van der Waals surface area contributed by atoms with Crippen molar-refractivity contribution in [1.82, 2.24) is 30.4 Å². The molecule has 0 saturated heterocycles. The highest BCUT2D eigenvalue weighted by atomic mass is 16.5. The lowest BCUT2D eigenvalue weighted by molar-refractivity contribution is 0.415. The largest absolute Gasteiger partial charge is 0.497 e. The summed E-state index contributed by atoms with van der Waals surface area (Å²) in [5, 5.41) is 21.5. The average molecular weight is 363 g/mol. The molecule has 1 aliphatic heterocycles. The fourth-order valence-corrected chi connectivity index (χ4v) is 3.22. The van der Waals surface area contributed by atoms with Crippen LogP contribution in [0.2, 0.25) is 0 Å². The Morgan fingerprint density at radius 3 is 2.81 bits per heavy atom. The van der Waals surface area contributed by atoms with Gasteiger partial charge in [0, 0.05) is 11.1 Å². The third-order valence-corrected chi connectivity index (χ3v) is 4.44. The van der Waals surface area contributed by atoms with Crippen LogP contribution in [0.15, 0.2) is 51.9 Å². The SMILES string of the molecule is COc1ccc(-c2n[nH]c(=O)c3c2C(c2ccco2)n2nnnc2N3)cc1. The molecule has 3 aromatic heterocycles. The minimum absolute atomic E-state index is 0.333. The molecule has 10 heteroatoms. The Bertz CT molecular complexity index is 1160. The Hall–Kier alpha value is -3.95. The zero-order chi connectivity index (χ0) is 18.4. The van der Waals surface area contributed by atoms with E-state index in [0.29, 0.717) is 28.7 Å². The molecule has 27 heavy (non-hydrogen) atoms. The van der Waals surface area contributed by atoms with Gasteiger partial charge in [0.1, 0.15) is 23.2 Å². The molecule has 1 aliphatic rings. The lowest BCUT2D eigenvalue weighted by atomic mass is 9.96. The van der Waals surface area contributed by atoms with E-state index in [1.54, 1.807) is 24.1 Å². The van der Waals surface area contributed by atoms with E-state index in [-0.39, 0.29) is 5.56 Å². The van der Waals surface area contributed by atoms with Crippen molar-refractivity contribution in [3.8, 4) is 17.0 Å². The van der Waals surface area contributed by atoms with Gasteiger partial charge in [-0.25, -0.2) is 5.10 Å². The van der Waals surface area contributed by atoms with Gasteiger partial charge in [-0.2, -0.15) is 9.78 Å². The van der Waals surface area contributed by atoms with Gasteiger partial charge in [0.05, 0.1) is 19.1 Å². The molecule has 0 radical (unpaired) electrons. The number of H-pyrrole nitrogens is 1. The van der Waals surface area contributed by atoms with E-state index >= 15 is 0 Å². The third-order valence-electron chi connectivity index (χ3n) is 4.44. The fourth-order valence-electron chi connectivity index (χ4n) is 3.22. The minimum atomic E-state index is -0.534. The van der Waals surface area contributed by atoms with E-state index in [4.69, 9.17) is 9.15 Å². The molecule has 134 valence electrons. The number of aromatic amines is 1. The monoisotopic (exact) mass is 363 g/mol. The number of methoxy groups -OCH3 is 1. The maximum absolute atomic E-state index is 12.5. The molecule has 0 saturated carbocycles. The normalized spacial score (nSPS) is 14.9. The van der Waals surface area contributed by atoms with Crippen LogP contribution < -0.4 is 15.6 Å². The van der Waals surface area contributed by atoms with Gasteiger partial charge in [0.25, 0.3) is 5.56 Å². The molecule has 10 nitrogen and oxygen atoms in total. The zero-order valence-corrected chi connectivity index (χ0v) is 14.1. The molecule has 4 heterocycles. The number of nitrogens with zero attached hydrogens (tertiary/aromatic N) is 5. The van der Waals surface area contributed by atoms with E-state index in [9.17, 15) is 4.79 Å². The van der Waals surface area contributed by atoms with Gasteiger partial charge < -0.3 is 14.5 Å². The van der Waals surface area contributed by atoms with Crippen LogP contribution in [0, 0.1) is 0 Å². The molecular weight excluding hydrogens is 350 g/mol. The molecule has 2 N–H and O–H groups in total. The van der Waals surface area contributed by atoms with Gasteiger partial charge in [-0.3, -0.25) is 4.79 Å². The van der Waals surface area contributed by atoms with Crippen LogP contribution in [0.1, 0.15) is 17.4 Å². The smallest absolute Gasteiger partial charge is 0.288 e. The molecular formula is C17H13N7O3. The van der Waals surface area contributed by atoms with Crippen LogP contribution in [0.25, 0.3) is 11.3 Å². The topological polar surface area (TPSA) is 124 Å². The van der Waals surface area contributed by atoms with Crippen molar-refractivity contribution in [3.63, 3.8) is 0 Å². The third kappa shape index (κ3) is 2.30. The number of anilines is 2. The standard InChI is InChI=1S/C17H13N7O3/c1-26-10-6-4-9(5-7-10)13-12-14(16(25)20-19-13)18-17-21-22-23-24(17)15(12)11-3-2-8-27-11/h2-8,15H,1H3,(H,20,25)(H,18,21,23). The summed E-state index contributed by atoms with van der Waals surface area (Å²) >= 11 is 0. The number of fused-ring (bicyclic) bond motifs is 2. The quantitative estimate of drug-likeness (QED) is 0.496. The highest BCUT2D eigenvalue weighted by Crippen LogP contribution is 2.41. The molecule has 0 fully saturated rings. The first-order chi connectivity index (χ1) is 13.3. The van der Waals surface area contributed by atoms with Crippen LogP contribution in [0.4, 0.5) is 11.6 Å². The molecule has 0 spiro atoms. The Morgan fingerprint density at radius 1 is 1.22 bits per heavy atom. The Kier molecular flexibility index (Phi) is 3.29. The fraction of sp³-hybridized carbons (Fsp3) is 0.118. The van der Waals surface area contributed by atoms with E-state index in [0.717, 1.165) is 11.3 Å².